The maximum Gasteiger partial charge on any atom is 0.160 e. The minimum Gasteiger partial charge on any atom is -0.508 e. The monoisotopic (exact) mass is 434 g/mol. The molecule has 0 unspecified atom stereocenters. The molecule has 0 aromatic heterocycles. The van der Waals surface area contributed by atoms with Crippen molar-refractivity contribution in [3.05, 3.63) is 87.5 Å². The van der Waals surface area contributed by atoms with Gasteiger partial charge in [-0.15, -0.1) is 0 Å². The molecule has 1 heterocycles. The molecule has 0 bridgehead atoms. The van der Waals surface area contributed by atoms with Crippen LogP contribution >= 0.6 is 12.0 Å². The summed E-state index contributed by atoms with van der Waals surface area (Å²) in [6.45, 7) is 12.4. The van der Waals surface area contributed by atoms with Crippen molar-refractivity contribution < 1.29 is 14.4 Å². The summed E-state index contributed by atoms with van der Waals surface area (Å²) in [6, 6.07) is 16.2. The second-order valence-corrected chi connectivity index (χ2v) is 9.88. The van der Waals surface area contributed by atoms with Crippen LogP contribution in [0.5, 0.6) is 11.5 Å². The number of hydrogen-bond donors (Lipinski definition) is 2. The lowest BCUT2D eigenvalue weighted by atomic mass is 9.75. The Hall–Kier alpha value is -2.43. The molecule has 1 aliphatic rings. The maximum absolute atomic E-state index is 10.6. The second kappa shape index (κ2) is 7.92. The summed E-state index contributed by atoms with van der Waals surface area (Å²) in [7, 11) is 0. The molecule has 4 heteroatoms. The molecular weight excluding hydrogens is 404 g/mol. The van der Waals surface area contributed by atoms with E-state index in [1.807, 2.05) is 38.1 Å². The third kappa shape index (κ3) is 3.42. The van der Waals surface area contributed by atoms with E-state index in [0.717, 1.165) is 43.8 Å². The first kappa shape index (κ1) is 21.8. The first-order chi connectivity index (χ1) is 14.7. The molecule has 0 saturated heterocycles. The molecule has 0 amide bonds. The highest BCUT2D eigenvalue weighted by atomic mass is 32.2. The molecule has 0 aliphatic carbocycles. The van der Waals surface area contributed by atoms with E-state index >= 15 is 0 Å². The Labute approximate surface area is 189 Å². The summed E-state index contributed by atoms with van der Waals surface area (Å²) < 4.78 is 6.65. The average Bonchev–Trinajstić information content (AvgIpc) is 3.08. The zero-order chi connectivity index (χ0) is 22.5. The topological polar surface area (TPSA) is 49.7 Å². The Morgan fingerprint density at radius 3 is 1.71 bits per heavy atom. The molecule has 31 heavy (non-hydrogen) atoms. The Morgan fingerprint density at radius 2 is 1.23 bits per heavy atom. The van der Waals surface area contributed by atoms with Crippen molar-refractivity contribution in [2.24, 2.45) is 0 Å². The van der Waals surface area contributed by atoms with E-state index in [1.165, 1.54) is 12.0 Å². The molecule has 3 aromatic rings. The van der Waals surface area contributed by atoms with Gasteiger partial charge in [-0.25, -0.2) is 0 Å². The molecule has 1 aliphatic heterocycles. The summed E-state index contributed by atoms with van der Waals surface area (Å²) >= 11 is 1.39. The second-order valence-electron chi connectivity index (χ2n) is 9.11. The molecule has 0 atom stereocenters. The Bertz CT molecular complexity index is 1080. The van der Waals surface area contributed by atoms with Gasteiger partial charge in [0.1, 0.15) is 11.5 Å². The number of hydrogen-bond acceptors (Lipinski definition) is 4. The van der Waals surface area contributed by atoms with E-state index in [0.29, 0.717) is 11.5 Å². The number of phenols is 2. The van der Waals surface area contributed by atoms with Crippen molar-refractivity contribution >= 4 is 12.0 Å². The third-order valence-electron chi connectivity index (χ3n) is 6.27. The van der Waals surface area contributed by atoms with Crippen molar-refractivity contribution in [3.8, 4) is 11.5 Å². The molecule has 0 fully saturated rings. The van der Waals surface area contributed by atoms with Crippen molar-refractivity contribution in [3.63, 3.8) is 0 Å². The Balaban J connectivity index is 2.11. The normalized spacial score (nSPS) is 15.0. The number of phenolic OH excluding ortho intramolecular Hbond substituents is 2. The van der Waals surface area contributed by atoms with Crippen molar-refractivity contribution in [1.82, 2.24) is 0 Å². The molecule has 0 spiro atoms. The first-order valence-electron chi connectivity index (χ1n) is 10.8. The number of rotatable bonds is 4. The summed E-state index contributed by atoms with van der Waals surface area (Å²) in [5, 5.41) is 21.2. The fourth-order valence-electron chi connectivity index (χ4n) is 4.61. The van der Waals surface area contributed by atoms with Crippen LogP contribution in [0.4, 0.5) is 0 Å². The van der Waals surface area contributed by atoms with Crippen LogP contribution in [0.1, 0.15) is 78.5 Å². The lowest BCUT2D eigenvalue weighted by Gasteiger charge is -2.34. The quantitative estimate of drug-likeness (QED) is 0.423. The molecule has 3 nitrogen and oxygen atoms in total. The lowest BCUT2D eigenvalue weighted by Crippen LogP contribution is -2.30. The van der Waals surface area contributed by atoms with E-state index in [9.17, 15) is 10.2 Å². The van der Waals surface area contributed by atoms with Gasteiger partial charge in [0.25, 0.3) is 0 Å². The molecule has 4 rings (SSSR count). The van der Waals surface area contributed by atoms with Crippen LogP contribution in [0, 0.1) is 13.8 Å². The predicted octanol–water partition coefficient (Wildman–Crippen LogP) is 7.29. The fourth-order valence-corrected chi connectivity index (χ4v) is 5.53. The van der Waals surface area contributed by atoms with E-state index in [-0.39, 0.29) is 11.8 Å². The van der Waals surface area contributed by atoms with Gasteiger partial charge in [-0.1, -0.05) is 45.9 Å². The zero-order valence-corrected chi connectivity index (χ0v) is 19.8. The molecule has 3 aromatic carbocycles. The van der Waals surface area contributed by atoms with Crippen LogP contribution in [0.2, 0.25) is 0 Å². The Kier molecular flexibility index (Phi) is 5.57. The molecule has 0 saturated carbocycles. The van der Waals surface area contributed by atoms with Crippen molar-refractivity contribution in [1.29, 1.82) is 0 Å². The standard InChI is InChI=1S/C27H30O3S/c1-15(2)19-13-22(17(5)11-24(19)28)27(21-9-7-8-10-26(21)31-30-27)23-14-20(16(3)4)25(29)12-18(23)6/h7-16,28-29H,1-6H3. The highest BCUT2D eigenvalue weighted by Crippen LogP contribution is 2.56. The van der Waals surface area contributed by atoms with E-state index in [1.54, 1.807) is 0 Å². The van der Waals surface area contributed by atoms with Gasteiger partial charge in [0, 0.05) is 22.5 Å². The van der Waals surface area contributed by atoms with Crippen LogP contribution < -0.4 is 0 Å². The fraction of sp³-hybridized carbons (Fsp3) is 0.333. The number of benzene rings is 3. The minimum atomic E-state index is -0.829. The van der Waals surface area contributed by atoms with Crippen LogP contribution in [0.3, 0.4) is 0 Å². The van der Waals surface area contributed by atoms with E-state index in [4.69, 9.17) is 4.18 Å². The highest BCUT2D eigenvalue weighted by Gasteiger charge is 2.47. The van der Waals surface area contributed by atoms with Crippen LogP contribution in [0.25, 0.3) is 0 Å². The van der Waals surface area contributed by atoms with E-state index < -0.39 is 5.60 Å². The van der Waals surface area contributed by atoms with Gasteiger partial charge >= 0.3 is 0 Å². The summed E-state index contributed by atoms with van der Waals surface area (Å²) in [4.78, 5) is 1.08. The maximum atomic E-state index is 10.6. The predicted molar refractivity (Wildman–Crippen MR) is 127 cm³/mol. The van der Waals surface area contributed by atoms with Gasteiger partial charge in [0.2, 0.25) is 0 Å². The van der Waals surface area contributed by atoms with Crippen LogP contribution in [0.15, 0.2) is 53.4 Å². The molecule has 2 N–H and O–H groups in total. The Morgan fingerprint density at radius 1 is 0.742 bits per heavy atom. The number of aryl methyl sites for hydroxylation is 2. The summed E-state index contributed by atoms with van der Waals surface area (Å²) in [6.07, 6.45) is 0. The highest BCUT2D eigenvalue weighted by molar-refractivity contribution is 7.95. The summed E-state index contributed by atoms with van der Waals surface area (Å²) in [5.74, 6) is 0.979. The smallest absolute Gasteiger partial charge is 0.160 e. The molecule has 0 radical (unpaired) electrons. The largest absolute Gasteiger partial charge is 0.508 e. The third-order valence-corrected chi connectivity index (χ3v) is 7.14. The number of fused-ring (bicyclic) bond motifs is 1. The minimum absolute atomic E-state index is 0.174. The van der Waals surface area contributed by atoms with Crippen LogP contribution in [-0.2, 0) is 9.78 Å². The van der Waals surface area contributed by atoms with Gasteiger partial charge < -0.3 is 10.2 Å². The lowest BCUT2D eigenvalue weighted by molar-refractivity contribution is 0.202. The van der Waals surface area contributed by atoms with Gasteiger partial charge in [-0.2, -0.15) is 0 Å². The van der Waals surface area contributed by atoms with Gasteiger partial charge in [0.05, 0.1) is 0 Å². The van der Waals surface area contributed by atoms with Crippen molar-refractivity contribution in [2.75, 3.05) is 0 Å². The average molecular weight is 435 g/mol. The first-order valence-corrected chi connectivity index (χ1v) is 11.5. The zero-order valence-electron chi connectivity index (χ0n) is 19.0. The van der Waals surface area contributed by atoms with Gasteiger partial charge in [0.15, 0.2) is 5.60 Å². The van der Waals surface area contributed by atoms with Gasteiger partial charge in [-0.3, -0.25) is 4.18 Å². The number of aromatic hydroxyl groups is 2. The summed E-state index contributed by atoms with van der Waals surface area (Å²) in [5.41, 5.74) is 6.05. The van der Waals surface area contributed by atoms with Gasteiger partial charge in [-0.05, 0) is 89.4 Å². The SMILES string of the molecule is Cc1cc(O)c(C(C)C)cc1C1(c2cc(C(C)C)c(O)cc2C)OSc2ccccc21. The van der Waals surface area contributed by atoms with Crippen molar-refractivity contribution in [2.45, 2.75) is 63.9 Å². The molecular formula is C27H30O3S. The van der Waals surface area contributed by atoms with Crippen LogP contribution in [-0.4, -0.2) is 10.2 Å². The van der Waals surface area contributed by atoms with E-state index in [2.05, 4.69) is 52.0 Å². The molecule has 162 valence electrons.